The van der Waals surface area contributed by atoms with E-state index in [1.54, 1.807) is 11.8 Å². The highest BCUT2D eigenvalue weighted by Crippen LogP contribution is 2.26. The number of ether oxygens (including phenoxy) is 1. The molecule has 1 aliphatic rings. The van der Waals surface area contributed by atoms with E-state index in [-0.39, 0.29) is 12.1 Å². The maximum atomic E-state index is 12.2. The minimum Gasteiger partial charge on any atom is -0.444 e. The van der Waals surface area contributed by atoms with Crippen LogP contribution in [0.2, 0.25) is 0 Å². The zero-order chi connectivity index (χ0) is 15.5. The molecule has 1 aromatic heterocycles. The third kappa shape index (κ3) is 4.88. The number of nitrogens with zero attached hydrogens (tertiary/aromatic N) is 3. The fraction of sp³-hybridized carbons (Fsp3) is 0.667. The van der Waals surface area contributed by atoms with Gasteiger partial charge < -0.3 is 9.64 Å². The molecule has 1 amide bonds. The molecule has 21 heavy (non-hydrogen) atoms. The summed E-state index contributed by atoms with van der Waals surface area (Å²) in [5, 5.41) is 9.10. The van der Waals surface area contributed by atoms with Gasteiger partial charge in [-0.15, -0.1) is 16.9 Å². The van der Waals surface area contributed by atoms with E-state index < -0.39 is 5.60 Å². The standard InChI is InChI=1S/C15H23N3O2S/c1-11-7-8-13(17-16-11)21-10-12-6-5-9-18(12)14(19)20-15(2,3)4/h7-8,12H,5-6,9-10H2,1-4H3. The summed E-state index contributed by atoms with van der Waals surface area (Å²) in [6, 6.07) is 4.14. The molecular weight excluding hydrogens is 286 g/mol. The Labute approximate surface area is 130 Å². The van der Waals surface area contributed by atoms with E-state index >= 15 is 0 Å². The Bertz CT molecular complexity index is 485. The number of likely N-dealkylation sites (tertiary alicyclic amines) is 1. The van der Waals surface area contributed by atoms with Crippen LogP contribution in [0.25, 0.3) is 0 Å². The lowest BCUT2D eigenvalue weighted by Crippen LogP contribution is -2.40. The van der Waals surface area contributed by atoms with Crippen LogP contribution in [0, 0.1) is 6.92 Å². The molecule has 6 heteroatoms. The van der Waals surface area contributed by atoms with Gasteiger partial charge in [-0.3, -0.25) is 0 Å². The second-order valence-electron chi connectivity index (χ2n) is 6.29. The van der Waals surface area contributed by atoms with Crippen LogP contribution in [-0.4, -0.2) is 45.1 Å². The Morgan fingerprint density at radius 3 is 2.81 bits per heavy atom. The smallest absolute Gasteiger partial charge is 0.410 e. The summed E-state index contributed by atoms with van der Waals surface area (Å²) in [5.41, 5.74) is 0.468. The Kier molecular flexibility index (Phi) is 5.08. The van der Waals surface area contributed by atoms with Crippen molar-refractivity contribution in [1.82, 2.24) is 15.1 Å². The molecular formula is C15H23N3O2S. The molecule has 0 radical (unpaired) electrons. The van der Waals surface area contributed by atoms with Gasteiger partial charge in [0.15, 0.2) is 0 Å². The molecule has 0 saturated carbocycles. The van der Waals surface area contributed by atoms with Crippen molar-refractivity contribution < 1.29 is 9.53 Å². The van der Waals surface area contributed by atoms with Gasteiger partial charge in [0.25, 0.3) is 0 Å². The molecule has 1 aromatic rings. The molecule has 0 spiro atoms. The number of rotatable bonds is 3. The molecule has 5 nitrogen and oxygen atoms in total. The van der Waals surface area contributed by atoms with Gasteiger partial charge in [0.1, 0.15) is 10.6 Å². The third-order valence-corrected chi connectivity index (χ3v) is 4.27. The molecule has 116 valence electrons. The van der Waals surface area contributed by atoms with E-state index in [2.05, 4.69) is 10.2 Å². The predicted molar refractivity (Wildman–Crippen MR) is 83.5 cm³/mol. The van der Waals surface area contributed by atoms with E-state index in [1.807, 2.05) is 44.7 Å². The number of hydrogen-bond acceptors (Lipinski definition) is 5. The highest BCUT2D eigenvalue weighted by Gasteiger charge is 2.32. The first-order valence-corrected chi connectivity index (χ1v) is 8.26. The predicted octanol–water partition coefficient (Wildman–Crippen LogP) is 3.28. The zero-order valence-corrected chi connectivity index (χ0v) is 13.9. The third-order valence-electron chi connectivity index (χ3n) is 3.20. The lowest BCUT2D eigenvalue weighted by atomic mass is 10.2. The second kappa shape index (κ2) is 6.64. The molecule has 1 fully saturated rings. The van der Waals surface area contributed by atoms with E-state index in [4.69, 9.17) is 4.74 Å². The molecule has 1 aliphatic heterocycles. The van der Waals surface area contributed by atoms with Gasteiger partial charge in [0.05, 0.1) is 5.69 Å². The minimum absolute atomic E-state index is 0.208. The molecule has 0 aromatic carbocycles. The molecule has 0 bridgehead atoms. The SMILES string of the molecule is Cc1ccc(SCC2CCCN2C(=O)OC(C)(C)C)nn1. The summed E-state index contributed by atoms with van der Waals surface area (Å²) in [6.07, 6.45) is 1.84. The summed E-state index contributed by atoms with van der Waals surface area (Å²) < 4.78 is 5.47. The number of aryl methyl sites for hydroxylation is 1. The second-order valence-corrected chi connectivity index (χ2v) is 7.33. The average Bonchev–Trinajstić information content (AvgIpc) is 2.84. The fourth-order valence-corrected chi connectivity index (χ4v) is 3.19. The summed E-state index contributed by atoms with van der Waals surface area (Å²) in [4.78, 5) is 14.0. The first kappa shape index (κ1) is 16.1. The quantitative estimate of drug-likeness (QED) is 0.802. The summed E-state index contributed by atoms with van der Waals surface area (Å²) >= 11 is 1.64. The van der Waals surface area contributed by atoms with E-state index in [9.17, 15) is 4.79 Å². The molecule has 2 rings (SSSR count). The topological polar surface area (TPSA) is 55.3 Å². The lowest BCUT2D eigenvalue weighted by Gasteiger charge is -2.28. The van der Waals surface area contributed by atoms with Gasteiger partial charge in [-0.05, 0) is 52.7 Å². The van der Waals surface area contributed by atoms with Crippen LogP contribution < -0.4 is 0 Å². The number of amides is 1. The Hall–Kier alpha value is -1.30. The van der Waals surface area contributed by atoms with Gasteiger partial charge in [-0.1, -0.05) is 0 Å². The highest BCUT2D eigenvalue weighted by atomic mass is 32.2. The lowest BCUT2D eigenvalue weighted by molar-refractivity contribution is 0.0242. The van der Waals surface area contributed by atoms with Crippen LogP contribution in [0.15, 0.2) is 17.2 Å². The van der Waals surface area contributed by atoms with Crippen molar-refractivity contribution in [3.05, 3.63) is 17.8 Å². The monoisotopic (exact) mass is 309 g/mol. The summed E-state index contributed by atoms with van der Waals surface area (Å²) in [6.45, 7) is 8.38. The number of aromatic nitrogens is 2. The minimum atomic E-state index is -0.445. The average molecular weight is 309 g/mol. The van der Waals surface area contributed by atoms with Crippen LogP contribution in [0.4, 0.5) is 4.79 Å². The van der Waals surface area contributed by atoms with E-state index in [0.29, 0.717) is 0 Å². The Balaban J connectivity index is 1.90. The molecule has 0 aliphatic carbocycles. The first-order valence-electron chi connectivity index (χ1n) is 7.28. The van der Waals surface area contributed by atoms with Crippen molar-refractivity contribution >= 4 is 17.9 Å². The van der Waals surface area contributed by atoms with Crippen molar-refractivity contribution in [2.24, 2.45) is 0 Å². The normalized spacial score (nSPS) is 18.9. The first-order chi connectivity index (χ1) is 9.85. The number of carbonyl (C=O) groups excluding carboxylic acids is 1. The van der Waals surface area contributed by atoms with Gasteiger partial charge in [0, 0.05) is 18.3 Å². The fourth-order valence-electron chi connectivity index (χ4n) is 2.22. The molecule has 1 saturated heterocycles. The maximum absolute atomic E-state index is 12.2. The Morgan fingerprint density at radius 2 is 2.19 bits per heavy atom. The van der Waals surface area contributed by atoms with Crippen molar-refractivity contribution in [2.45, 2.75) is 57.2 Å². The van der Waals surface area contributed by atoms with Crippen LogP contribution in [0.5, 0.6) is 0 Å². The van der Waals surface area contributed by atoms with E-state index in [0.717, 1.165) is 35.9 Å². The maximum Gasteiger partial charge on any atom is 0.410 e. The Morgan fingerprint density at radius 1 is 1.43 bits per heavy atom. The molecule has 1 unspecified atom stereocenters. The van der Waals surface area contributed by atoms with Crippen LogP contribution >= 0.6 is 11.8 Å². The van der Waals surface area contributed by atoms with Crippen LogP contribution in [0.1, 0.15) is 39.3 Å². The van der Waals surface area contributed by atoms with Crippen molar-refractivity contribution in [2.75, 3.05) is 12.3 Å². The van der Waals surface area contributed by atoms with Crippen LogP contribution in [0.3, 0.4) is 0 Å². The zero-order valence-electron chi connectivity index (χ0n) is 13.1. The summed E-state index contributed by atoms with van der Waals surface area (Å²) in [5.74, 6) is 0.830. The van der Waals surface area contributed by atoms with Gasteiger partial charge in [-0.2, -0.15) is 5.10 Å². The molecule has 1 atom stereocenters. The highest BCUT2D eigenvalue weighted by molar-refractivity contribution is 7.99. The van der Waals surface area contributed by atoms with Crippen molar-refractivity contribution in [3.8, 4) is 0 Å². The van der Waals surface area contributed by atoms with Crippen molar-refractivity contribution in [1.29, 1.82) is 0 Å². The van der Waals surface area contributed by atoms with Crippen molar-refractivity contribution in [3.63, 3.8) is 0 Å². The summed E-state index contributed by atoms with van der Waals surface area (Å²) in [7, 11) is 0. The largest absolute Gasteiger partial charge is 0.444 e. The number of hydrogen-bond donors (Lipinski definition) is 0. The molecule has 2 heterocycles. The van der Waals surface area contributed by atoms with Gasteiger partial charge in [0.2, 0.25) is 0 Å². The number of carbonyl (C=O) groups is 1. The molecule has 0 N–H and O–H groups in total. The van der Waals surface area contributed by atoms with Crippen LogP contribution in [-0.2, 0) is 4.74 Å². The van der Waals surface area contributed by atoms with Gasteiger partial charge >= 0.3 is 6.09 Å². The van der Waals surface area contributed by atoms with Gasteiger partial charge in [-0.25, -0.2) is 4.79 Å². The number of thioether (sulfide) groups is 1. The van der Waals surface area contributed by atoms with E-state index in [1.165, 1.54) is 0 Å².